The van der Waals surface area contributed by atoms with Gasteiger partial charge in [-0.15, -0.1) is 10.2 Å². The number of nitrogens with zero attached hydrogens (tertiary/aromatic N) is 5. The topological polar surface area (TPSA) is 58.9 Å². The van der Waals surface area contributed by atoms with Crippen LogP contribution in [0.3, 0.4) is 0 Å². The van der Waals surface area contributed by atoms with Crippen molar-refractivity contribution in [2.24, 2.45) is 7.05 Å². The second kappa shape index (κ2) is 6.63. The maximum Gasteiger partial charge on any atom is 0.176 e. The second-order valence-corrected chi connectivity index (χ2v) is 5.72. The van der Waals surface area contributed by atoms with E-state index in [1.54, 1.807) is 4.80 Å². The number of aromatic nitrogens is 4. The summed E-state index contributed by atoms with van der Waals surface area (Å²) in [4.78, 5) is 4.16. The van der Waals surface area contributed by atoms with Crippen molar-refractivity contribution in [2.75, 3.05) is 20.1 Å². The lowest BCUT2D eigenvalue weighted by Gasteiger charge is -2.46. The van der Waals surface area contributed by atoms with Crippen LogP contribution >= 0.6 is 0 Å². The number of aryl methyl sites for hydroxylation is 1. The van der Waals surface area contributed by atoms with Crippen molar-refractivity contribution in [3.8, 4) is 0 Å². The van der Waals surface area contributed by atoms with E-state index < -0.39 is 0 Å². The van der Waals surface area contributed by atoms with Crippen LogP contribution < -0.4 is 5.32 Å². The van der Waals surface area contributed by atoms with Crippen molar-refractivity contribution in [1.29, 1.82) is 0 Å². The van der Waals surface area contributed by atoms with Crippen LogP contribution in [0.25, 0.3) is 0 Å². The molecule has 1 fully saturated rings. The summed E-state index contributed by atoms with van der Waals surface area (Å²) < 4.78 is 0. The third-order valence-electron chi connectivity index (χ3n) is 4.80. The maximum absolute atomic E-state index is 4.35. The van der Waals surface area contributed by atoms with Crippen LogP contribution in [0.5, 0.6) is 0 Å². The van der Waals surface area contributed by atoms with Gasteiger partial charge >= 0.3 is 0 Å². The van der Waals surface area contributed by atoms with Crippen LogP contribution in [0.1, 0.15) is 45.4 Å². The van der Waals surface area contributed by atoms with Gasteiger partial charge in [0.2, 0.25) is 0 Å². The van der Waals surface area contributed by atoms with E-state index in [9.17, 15) is 0 Å². The molecule has 6 nitrogen and oxygen atoms in total. The van der Waals surface area contributed by atoms with E-state index in [4.69, 9.17) is 0 Å². The molecular weight excluding hydrogens is 252 g/mol. The van der Waals surface area contributed by atoms with Gasteiger partial charge in [0, 0.05) is 18.0 Å². The number of likely N-dealkylation sites (N-methyl/N-ethyl adjacent to an activating group) is 2. The lowest BCUT2D eigenvalue weighted by molar-refractivity contribution is 0.0651. The van der Waals surface area contributed by atoms with E-state index in [1.165, 1.54) is 25.7 Å². The minimum absolute atomic E-state index is 0.247. The fourth-order valence-corrected chi connectivity index (χ4v) is 3.87. The number of nitrogens with one attached hydrogen (secondary N) is 1. The lowest BCUT2D eigenvalue weighted by Crippen LogP contribution is -2.60. The first-order valence-corrected chi connectivity index (χ1v) is 7.81. The fourth-order valence-electron chi connectivity index (χ4n) is 3.87. The Bertz CT molecular complexity index is 406. The van der Waals surface area contributed by atoms with Gasteiger partial charge in [-0.1, -0.05) is 26.7 Å². The largest absolute Gasteiger partial charge is 0.315 e. The molecule has 1 aliphatic rings. The van der Waals surface area contributed by atoms with Gasteiger partial charge in [0.05, 0.1) is 7.05 Å². The van der Waals surface area contributed by atoms with E-state index in [0.29, 0.717) is 6.04 Å². The zero-order valence-corrected chi connectivity index (χ0v) is 13.3. The molecule has 0 amide bonds. The Morgan fingerprint density at radius 2 is 1.95 bits per heavy atom. The summed E-state index contributed by atoms with van der Waals surface area (Å²) in [6.07, 6.45) is 6.02. The summed E-state index contributed by atoms with van der Waals surface area (Å²) in [6, 6.07) is 0.383. The van der Waals surface area contributed by atoms with Crippen LogP contribution in [-0.4, -0.2) is 56.8 Å². The average Bonchev–Trinajstić information content (AvgIpc) is 3.07. The molecule has 1 N–H and O–H groups in total. The third kappa shape index (κ3) is 2.86. The molecule has 6 heteroatoms. The summed E-state index contributed by atoms with van der Waals surface area (Å²) in [6.45, 7) is 6.72. The molecule has 1 aromatic heterocycles. The van der Waals surface area contributed by atoms with Crippen LogP contribution in [0.4, 0.5) is 0 Å². The molecule has 0 spiro atoms. The molecule has 0 bridgehead atoms. The zero-order chi connectivity index (χ0) is 14.6. The SMILES string of the molecule is CCN(CC)C1(C(Cc2nnn(C)n2)NC)CCCC1. The molecular formula is C14H28N6. The second-order valence-electron chi connectivity index (χ2n) is 5.72. The smallest absolute Gasteiger partial charge is 0.176 e. The molecule has 1 saturated carbocycles. The number of hydrogen-bond acceptors (Lipinski definition) is 5. The highest BCUT2D eigenvalue weighted by molar-refractivity contribution is 5.05. The van der Waals surface area contributed by atoms with Crippen molar-refractivity contribution in [2.45, 2.75) is 57.5 Å². The minimum Gasteiger partial charge on any atom is -0.315 e. The summed E-state index contributed by atoms with van der Waals surface area (Å²) >= 11 is 0. The normalized spacial score (nSPS) is 19.6. The van der Waals surface area contributed by atoms with Crippen molar-refractivity contribution in [3.05, 3.63) is 5.82 Å². The Morgan fingerprint density at radius 1 is 1.30 bits per heavy atom. The number of hydrogen-bond donors (Lipinski definition) is 1. The Morgan fingerprint density at radius 3 is 2.40 bits per heavy atom. The third-order valence-corrected chi connectivity index (χ3v) is 4.80. The maximum atomic E-state index is 4.35. The van der Waals surface area contributed by atoms with Gasteiger partial charge in [-0.05, 0) is 38.2 Å². The first-order chi connectivity index (χ1) is 9.66. The predicted octanol–water partition coefficient (Wildman–Crippen LogP) is 0.995. The van der Waals surface area contributed by atoms with E-state index in [2.05, 4.69) is 46.5 Å². The molecule has 1 aliphatic carbocycles. The molecule has 1 unspecified atom stereocenters. The molecule has 1 atom stereocenters. The molecule has 0 aromatic carbocycles. The lowest BCUT2D eigenvalue weighted by atomic mass is 9.84. The van der Waals surface area contributed by atoms with Gasteiger partial charge in [-0.25, -0.2) is 0 Å². The Balaban J connectivity index is 2.21. The van der Waals surface area contributed by atoms with Gasteiger partial charge < -0.3 is 5.32 Å². The standard InChI is InChI=1S/C14H28N6/c1-5-20(6-2)14(9-7-8-10-14)12(15-3)11-13-16-18-19(4)17-13/h12,15H,5-11H2,1-4H3. The van der Waals surface area contributed by atoms with Crippen molar-refractivity contribution >= 4 is 0 Å². The minimum atomic E-state index is 0.247. The fraction of sp³-hybridized carbons (Fsp3) is 0.929. The first-order valence-electron chi connectivity index (χ1n) is 7.81. The highest BCUT2D eigenvalue weighted by Crippen LogP contribution is 2.38. The van der Waals surface area contributed by atoms with E-state index >= 15 is 0 Å². The predicted molar refractivity (Wildman–Crippen MR) is 79.5 cm³/mol. The quantitative estimate of drug-likeness (QED) is 0.807. The van der Waals surface area contributed by atoms with Gasteiger partial charge in [0.25, 0.3) is 0 Å². The zero-order valence-electron chi connectivity index (χ0n) is 13.3. The summed E-state index contributed by atoms with van der Waals surface area (Å²) in [5.74, 6) is 0.838. The van der Waals surface area contributed by atoms with Crippen LogP contribution in [0, 0.1) is 0 Å². The Labute approximate surface area is 121 Å². The van der Waals surface area contributed by atoms with Gasteiger partial charge in [-0.2, -0.15) is 4.80 Å². The molecule has 0 saturated heterocycles. The van der Waals surface area contributed by atoms with Crippen LogP contribution in [0.15, 0.2) is 0 Å². The highest BCUT2D eigenvalue weighted by atomic mass is 15.6. The Kier molecular flexibility index (Phi) is 5.10. The molecule has 114 valence electrons. The van der Waals surface area contributed by atoms with E-state index in [1.807, 2.05) is 7.05 Å². The van der Waals surface area contributed by atoms with Gasteiger partial charge in [0.1, 0.15) is 0 Å². The van der Waals surface area contributed by atoms with Gasteiger partial charge in [-0.3, -0.25) is 4.90 Å². The first kappa shape index (κ1) is 15.4. The molecule has 1 aromatic rings. The molecule has 0 radical (unpaired) electrons. The number of rotatable bonds is 7. The van der Waals surface area contributed by atoms with Crippen molar-refractivity contribution in [1.82, 2.24) is 30.4 Å². The molecule has 20 heavy (non-hydrogen) atoms. The Hall–Kier alpha value is -1.01. The molecule has 2 rings (SSSR count). The van der Waals surface area contributed by atoms with Crippen molar-refractivity contribution in [3.63, 3.8) is 0 Å². The summed E-state index contributed by atoms with van der Waals surface area (Å²) in [5, 5.41) is 16.0. The molecule has 1 heterocycles. The van der Waals surface area contributed by atoms with Crippen molar-refractivity contribution < 1.29 is 0 Å². The van der Waals surface area contributed by atoms with Gasteiger partial charge in [0.15, 0.2) is 5.82 Å². The summed E-state index contributed by atoms with van der Waals surface area (Å²) in [5.41, 5.74) is 0.247. The van der Waals surface area contributed by atoms with E-state index in [-0.39, 0.29) is 5.54 Å². The monoisotopic (exact) mass is 280 g/mol. The number of tetrazole rings is 1. The average molecular weight is 280 g/mol. The molecule has 0 aliphatic heterocycles. The summed E-state index contributed by atoms with van der Waals surface area (Å²) in [7, 11) is 3.88. The van der Waals surface area contributed by atoms with Crippen LogP contribution in [-0.2, 0) is 13.5 Å². The van der Waals surface area contributed by atoms with E-state index in [0.717, 1.165) is 25.3 Å². The van der Waals surface area contributed by atoms with Crippen LogP contribution in [0.2, 0.25) is 0 Å². The highest BCUT2D eigenvalue weighted by Gasteiger charge is 2.44.